The van der Waals surface area contributed by atoms with E-state index < -0.39 is 103 Å². The molecular formula is C35H92O15Si12. The maximum Gasteiger partial charge on any atom is 0.317 e. The van der Waals surface area contributed by atoms with Gasteiger partial charge in [0.1, 0.15) is 0 Å². The van der Waals surface area contributed by atoms with Gasteiger partial charge in [-0.3, -0.25) is 0 Å². The first-order valence-corrected chi connectivity index (χ1v) is 55.8. The van der Waals surface area contributed by atoms with Gasteiger partial charge in [0.15, 0.2) is 0 Å². The van der Waals surface area contributed by atoms with Gasteiger partial charge in [0.25, 0.3) is 0 Å². The first-order chi connectivity index (χ1) is 27.8. The van der Waals surface area contributed by atoms with E-state index in [-0.39, 0.29) is 0 Å². The summed E-state index contributed by atoms with van der Waals surface area (Å²) in [6.45, 7) is 50.5. The van der Waals surface area contributed by atoms with Crippen LogP contribution in [0.3, 0.4) is 0 Å². The molecule has 0 atom stereocenters. The average Bonchev–Trinajstić information content (AvgIpc) is 2.94. The van der Waals surface area contributed by atoms with E-state index >= 15 is 0 Å². The Morgan fingerprint density at radius 2 is 0.419 bits per heavy atom. The summed E-state index contributed by atoms with van der Waals surface area (Å²) in [6, 6.07) is 2.66. The fourth-order valence-corrected chi connectivity index (χ4v) is 74.0. The molecule has 27 heteroatoms. The first-order valence-electron chi connectivity index (χ1n) is 22.9. The Kier molecular flexibility index (Phi) is 22.6. The molecule has 3 heterocycles. The van der Waals surface area contributed by atoms with Crippen molar-refractivity contribution in [3.8, 4) is 0 Å². The van der Waals surface area contributed by atoms with Gasteiger partial charge < -0.3 is 63.6 Å². The zero-order valence-corrected chi connectivity index (χ0v) is 55.3. The van der Waals surface area contributed by atoms with Gasteiger partial charge >= 0.3 is 103 Å². The summed E-state index contributed by atoms with van der Waals surface area (Å²) < 4.78 is 95.2. The summed E-state index contributed by atoms with van der Waals surface area (Å²) >= 11 is 0. The molecule has 0 unspecified atom stereocenters. The molecule has 370 valence electrons. The fraction of sp³-hybridized carbons (Fsp3) is 1.00. The maximum atomic E-state index is 6.64. The highest BCUT2D eigenvalue weighted by molar-refractivity contribution is 6.95. The van der Waals surface area contributed by atoms with Crippen LogP contribution in [0.15, 0.2) is 0 Å². The highest BCUT2D eigenvalue weighted by Crippen LogP contribution is 2.36. The molecule has 0 aromatic heterocycles. The number of hydrogen-bond acceptors (Lipinski definition) is 15. The number of ether oxygens (including phenoxy) is 3. The van der Waals surface area contributed by atoms with Crippen LogP contribution in [0.5, 0.6) is 0 Å². The van der Waals surface area contributed by atoms with Crippen molar-refractivity contribution >= 4 is 103 Å². The van der Waals surface area contributed by atoms with E-state index in [1.165, 1.54) is 0 Å². The number of hydrogen-bond donors (Lipinski definition) is 0. The molecule has 62 heavy (non-hydrogen) atoms. The monoisotopic (exact) mass is 1090 g/mol. The van der Waals surface area contributed by atoms with Crippen LogP contribution in [-0.4, -0.2) is 142 Å². The predicted octanol–water partition coefficient (Wildman–Crippen LogP) is 10.4. The SMILES string of the molecule is CCOCCC[Si]1(C)O[Si](C)(C)O[Si](C)(C)O[Si](C)(C)O1.C[Si]1(C)O[Si](C)(C)O[Si](C)(CCCOCCCOCCC[Si]2(C)O[Si](C)(C)O[Si](C)(C)O[Si](C)(C)O2)O[Si](C)(C)O1. The second-order valence-corrected chi connectivity index (χ2v) is 64.6. The van der Waals surface area contributed by atoms with E-state index in [1.54, 1.807) is 0 Å². The topological polar surface area (TPSA) is 138 Å². The predicted molar refractivity (Wildman–Crippen MR) is 276 cm³/mol. The summed E-state index contributed by atoms with van der Waals surface area (Å²) in [5.41, 5.74) is 0. The lowest BCUT2D eigenvalue weighted by Crippen LogP contribution is -2.65. The van der Waals surface area contributed by atoms with Crippen LogP contribution in [-0.2, 0) is 63.6 Å². The normalized spacial score (nSPS) is 27.4. The van der Waals surface area contributed by atoms with Crippen LogP contribution in [0.25, 0.3) is 0 Å². The van der Waals surface area contributed by atoms with Gasteiger partial charge in [-0.2, -0.15) is 0 Å². The molecule has 3 fully saturated rings. The molecule has 3 aliphatic rings. The largest absolute Gasteiger partial charge is 0.416 e. The van der Waals surface area contributed by atoms with Crippen molar-refractivity contribution in [3.63, 3.8) is 0 Å². The molecule has 0 aliphatic carbocycles. The minimum atomic E-state index is -2.43. The second-order valence-electron chi connectivity index (χ2n) is 21.3. The van der Waals surface area contributed by atoms with Crippen LogP contribution in [0.2, 0.25) is 156 Å². The van der Waals surface area contributed by atoms with Crippen molar-refractivity contribution in [2.75, 3.05) is 39.6 Å². The summed E-state index contributed by atoms with van der Waals surface area (Å²) in [4.78, 5) is 0. The van der Waals surface area contributed by atoms with E-state index in [9.17, 15) is 0 Å². The fourth-order valence-electron chi connectivity index (χ4n) is 9.32. The van der Waals surface area contributed by atoms with Crippen molar-refractivity contribution in [2.24, 2.45) is 0 Å². The molecule has 0 bridgehead atoms. The highest BCUT2D eigenvalue weighted by atomic mass is 28.5. The standard InChI is InChI=1S/C23H60O10Si8.C12H32O5Si4/c1-34(2)26-36(5,6)30-40(13,31-37(7,8)27-34)22-16-20-24-18-15-19-25-21-17-23-41(14)32-38(9,10)28-35(3,4)29-39(11,12)33-41;1-9-13-11-10-12-21(8)16-19(4,5)14-18(2,3)15-20(6,7)17-21/h15-23H2,1-14H3;9-12H2,1-8H3. The summed E-state index contributed by atoms with van der Waals surface area (Å²) in [5.74, 6) is 0. The first kappa shape index (κ1) is 60.1. The Labute approximate surface area is 391 Å². The van der Waals surface area contributed by atoms with Gasteiger partial charge in [-0.1, -0.05) is 0 Å². The Morgan fingerprint density at radius 3 is 0.629 bits per heavy atom. The minimum Gasteiger partial charge on any atom is -0.416 e. The molecule has 0 spiro atoms. The molecule has 15 nitrogen and oxygen atoms in total. The van der Waals surface area contributed by atoms with E-state index in [1.807, 2.05) is 6.92 Å². The van der Waals surface area contributed by atoms with Crippen LogP contribution >= 0.6 is 0 Å². The van der Waals surface area contributed by atoms with Gasteiger partial charge in [0, 0.05) is 39.6 Å². The lowest BCUT2D eigenvalue weighted by molar-refractivity contribution is 0.0818. The molecule has 0 radical (unpaired) electrons. The maximum absolute atomic E-state index is 6.64. The Balaban J connectivity index is 0.000000528. The summed E-state index contributed by atoms with van der Waals surface area (Å²) in [6.07, 6.45) is 3.63. The van der Waals surface area contributed by atoms with Crippen molar-refractivity contribution < 1.29 is 63.6 Å². The van der Waals surface area contributed by atoms with Crippen LogP contribution in [0.1, 0.15) is 32.6 Å². The van der Waals surface area contributed by atoms with Gasteiger partial charge in [0.05, 0.1) is 0 Å². The zero-order valence-electron chi connectivity index (χ0n) is 43.3. The Hall–Kier alpha value is 2.00. The van der Waals surface area contributed by atoms with Gasteiger partial charge in [-0.05, 0) is 188 Å². The molecule has 0 aromatic carbocycles. The van der Waals surface area contributed by atoms with Gasteiger partial charge in [-0.25, -0.2) is 0 Å². The van der Waals surface area contributed by atoms with Crippen LogP contribution in [0.4, 0.5) is 0 Å². The molecule has 0 N–H and O–H groups in total. The third-order valence-electron chi connectivity index (χ3n) is 9.26. The summed E-state index contributed by atoms with van der Waals surface area (Å²) in [7, 11) is -27.6. The van der Waals surface area contributed by atoms with Gasteiger partial charge in [0.2, 0.25) is 0 Å². The van der Waals surface area contributed by atoms with E-state index in [0.717, 1.165) is 57.0 Å². The Morgan fingerprint density at radius 1 is 0.242 bits per heavy atom. The van der Waals surface area contributed by atoms with Gasteiger partial charge in [-0.15, -0.1) is 0 Å². The van der Waals surface area contributed by atoms with Crippen molar-refractivity contribution in [1.29, 1.82) is 0 Å². The zero-order chi connectivity index (χ0) is 47.8. The molecule has 0 aromatic rings. The minimum absolute atomic E-state index is 0.680. The van der Waals surface area contributed by atoms with Crippen LogP contribution < -0.4 is 0 Å². The smallest absolute Gasteiger partial charge is 0.317 e. The van der Waals surface area contributed by atoms with E-state index in [2.05, 4.69) is 137 Å². The molecule has 0 saturated carbocycles. The molecule has 3 saturated heterocycles. The third kappa shape index (κ3) is 24.5. The van der Waals surface area contributed by atoms with Crippen molar-refractivity contribution in [2.45, 2.75) is 188 Å². The lowest BCUT2D eigenvalue weighted by atomic mass is 10.4. The number of rotatable bonds is 17. The Bertz CT molecular complexity index is 1240. The molecule has 0 amide bonds. The van der Waals surface area contributed by atoms with E-state index in [4.69, 9.17) is 63.6 Å². The highest BCUT2D eigenvalue weighted by Gasteiger charge is 2.55. The summed E-state index contributed by atoms with van der Waals surface area (Å²) in [5, 5.41) is 0. The van der Waals surface area contributed by atoms with Crippen LogP contribution in [0, 0.1) is 0 Å². The quantitative estimate of drug-likeness (QED) is 0.101. The molecular weight excluding hydrogens is 997 g/mol. The molecule has 3 aliphatic heterocycles. The second kappa shape index (κ2) is 23.3. The third-order valence-corrected chi connectivity index (χ3v) is 58.8. The van der Waals surface area contributed by atoms with Crippen molar-refractivity contribution in [3.05, 3.63) is 0 Å². The average molecular weight is 1090 g/mol. The van der Waals surface area contributed by atoms with Crippen molar-refractivity contribution in [1.82, 2.24) is 0 Å². The van der Waals surface area contributed by atoms with E-state index in [0.29, 0.717) is 26.4 Å². The lowest BCUT2D eigenvalue weighted by Gasteiger charge is -2.47. The molecule has 3 rings (SSSR count).